The highest BCUT2D eigenvalue weighted by atomic mass is 16.5. The number of ether oxygens (including phenoxy) is 3. The minimum Gasteiger partial charge on any atom is -0.497 e. The number of likely N-dealkylation sites (tertiary alicyclic amines) is 1. The fraction of sp³-hybridized carbons (Fsp3) is 0.611. The highest BCUT2D eigenvalue weighted by Gasteiger charge is 2.20. The number of methoxy groups -OCH3 is 3. The van der Waals surface area contributed by atoms with Crippen molar-refractivity contribution in [3.8, 4) is 11.5 Å². The zero-order valence-electron chi connectivity index (χ0n) is 14.8. The van der Waals surface area contributed by atoms with Gasteiger partial charge in [0, 0.05) is 26.3 Å². The maximum absolute atomic E-state index is 12.4. The van der Waals surface area contributed by atoms with Crippen LogP contribution < -0.4 is 14.8 Å². The number of rotatable bonds is 8. The molecule has 1 saturated heterocycles. The standard InChI is InChI=1S/C18H28N2O4/c1-22-11-10-20-8-6-14(7-9-20)13-19-18(21)16-5-4-15(23-2)12-17(16)24-3/h4-5,12,14H,6-11,13H2,1-3H3,(H,19,21). The summed E-state index contributed by atoms with van der Waals surface area (Å²) in [7, 11) is 4.88. The first kappa shape index (κ1) is 18.5. The number of nitrogens with one attached hydrogen (secondary N) is 1. The third-order valence-corrected chi connectivity index (χ3v) is 4.52. The molecule has 0 unspecified atom stereocenters. The van der Waals surface area contributed by atoms with Gasteiger partial charge < -0.3 is 24.4 Å². The van der Waals surface area contributed by atoms with Crippen molar-refractivity contribution in [3.63, 3.8) is 0 Å². The number of amides is 1. The maximum Gasteiger partial charge on any atom is 0.255 e. The Labute approximate surface area is 144 Å². The van der Waals surface area contributed by atoms with Crippen molar-refractivity contribution in [3.05, 3.63) is 23.8 Å². The van der Waals surface area contributed by atoms with Crippen molar-refractivity contribution in [2.24, 2.45) is 5.92 Å². The van der Waals surface area contributed by atoms with Crippen molar-refractivity contribution >= 4 is 5.91 Å². The van der Waals surface area contributed by atoms with Gasteiger partial charge in [-0.05, 0) is 44.0 Å². The summed E-state index contributed by atoms with van der Waals surface area (Å²) in [6.07, 6.45) is 2.20. The Hall–Kier alpha value is -1.79. The first-order valence-electron chi connectivity index (χ1n) is 8.39. The van der Waals surface area contributed by atoms with E-state index in [2.05, 4.69) is 10.2 Å². The van der Waals surface area contributed by atoms with E-state index in [1.807, 2.05) is 0 Å². The number of hydrogen-bond donors (Lipinski definition) is 1. The summed E-state index contributed by atoms with van der Waals surface area (Å²) in [6, 6.07) is 5.23. The summed E-state index contributed by atoms with van der Waals surface area (Å²) < 4.78 is 15.6. The van der Waals surface area contributed by atoms with Crippen LogP contribution in [0.15, 0.2) is 18.2 Å². The van der Waals surface area contributed by atoms with Crippen LogP contribution in [0.25, 0.3) is 0 Å². The van der Waals surface area contributed by atoms with Crippen molar-refractivity contribution in [1.29, 1.82) is 0 Å². The van der Waals surface area contributed by atoms with Gasteiger partial charge in [-0.1, -0.05) is 0 Å². The van der Waals surface area contributed by atoms with Crippen LogP contribution in [0.2, 0.25) is 0 Å². The molecule has 1 N–H and O–H groups in total. The Kier molecular flexibility index (Phi) is 7.34. The molecule has 0 aromatic heterocycles. The molecular weight excluding hydrogens is 308 g/mol. The maximum atomic E-state index is 12.4. The first-order valence-corrected chi connectivity index (χ1v) is 8.39. The number of benzene rings is 1. The molecule has 6 heteroatoms. The lowest BCUT2D eigenvalue weighted by atomic mass is 9.96. The van der Waals surface area contributed by atoms with Crippen LogP contribution in [-0.4, -0.2) is 64.9 Å². The zero-order valence-corrected chi connectivity index (χ0v) is 14.8. The van der Waals surface area contributed by atoms with Crippen LogP contribution in [-0.2, 0) is 4.74 Å². The molecule has 0 atom stereocenters. The predicted molar refractivity (Wildman–Crippen MR) is 92.9 cm³/mol. The topological polar surface area (TPSA) is 60.0 Å². The van der Waals surface area contributed by atoms with Crippen molar-refractivity contribution in [1.82, 2.24) is 10.2 Å². The Morgan fingerprint density at radius 3 is 2.58 bits per heavy atom. The normalized spacial score (nSPS) is 16.0. The Bertz CT molecular complexity index is 528. The summed E-state index contributed by atoms with van der Waals surface area (Å²) in [5.41, 5.74) is 0.538. The third-order valence-electron chi connectivity index (χ3n) is 4.52. The second kappa shape index (κ2) is 9.49. The average molecular weight is 336 g/mol. The van der Waals surface area contributed by atoms with E-state index in [1.54, 1.807) is 39.5 Å². The van der Waals surface area contributed by atoms with Gasteiger partial charge >= 0.3 is 0 Å². The Morgan fingerprint density at radius 2 is 1.96 bits per heavy atom. The second-order valence-electron chi connectivity index (χ2n) is 6.05. The largest absolute Gasteiger partial charge is 0.497 e. The molecule has 0 spiro atoms. The lowest BCUT2D eigenvalue weighted by Crippen LogP contribution is -2.39. The Balaban J connectivity index is 1.81. The zero-order chi connectivity index (χ0) is 17.4. The molecule has 134 valence electrons. The van der Waals surface area contributed by atoms with Gasteiger partial charge in [-0.15, -0.1) is 0 Å². The predicted octanol–water partition coefficient (Wildman–Crippen LogP) is 1.79. The molecule has 1 heterocycles. The minimum absolute atomic E-state index is 0.101. The number of nitrogens with zero attached hydrogens (tertiary/aromatic N) is 1. The molecular formula is C18H28N2O4. The van der Waals surface area contributed by atoms with E-state index in [9.17, 15) is 4.79 Å². The highest BCUT2D eigenvalue weighted by Crippen LogP contribution is 2.24. The van der Waals surface area contributed by atoms with Crippen molar-refractivity contribution < 1.29 is 19.0 Å². The molecule has 0 radical (unpaired) electrons. The van der Waals surface area contributed by atoms with E-state index < -0.39 is 0 Å². The summed E-state index contributed by atoms with van der Waals surface area (Å²) in [4.78, 5) is 14.8. The van der Waals surface area contributed by atoms with E-state index in [1.165, 1.54) is 0 Å². The van der Waals surface area contributed by atoms with Crippen molar-refractivity contribution in [2.75, 3.05) is 54.1 Å². The fourth-order valence-electron chi connectivity index (χ4n) is 2.95. The summed E-state index contributed by atoms with van der Waals surface area (Å²) in [6.45, 7) is 4.59. The van der Waals surface area contributed by atoms with E-state index in [-0.39, 0.29) is 5.91 Å². The van der Waals surface area contributed by atoms with Crippen LogP contribution in [0.3, 0.4) is 0 Å². The fourth-order valence-corrected chi connectivity index (χ4v) is 2.95. The lowest BCUT2D eigenvalue weighted by Gasteiger charge is -2.31. The van der Waals surface area contributed by atoms with Crippen LogP contribution in [0.1, 0.15) is 23.2 Å². The molecule has 6 nitrogen and oxygen atoms in total. The van der Waals surface area contributed by atoms with Gasteiger partial charge in [0.15, 0.2) is 0 Å². The monoisotopic (exact) mass is 336 g/mol. The van der Waals surface area contributed by atoms with Gasteiger partial charge in [0.05, 0.1) is 26.4 Å². The molecule has 1 amide bonds. The van der Waals surface area contributed by atoms with Gasteiger partial charge in [0.1, 0.15) is 11.5 Å². The van der Waals surface area contributed by atoms with Crippen LogP contribution in [0.4, 0.5) is 0 Å². The molecule has 0 aliphatic carbocycles. The summed E-state index contributed by atoms with van der Waals surface area (Å²) >= 11 is 0. The first-order chi connectivity index (χ1) is 11.7. The number of carbonyl (C=O) groups excluding carboxylic acids is 1. The smallest absolute Gasteiger partial charge is 0.255 e. The molecule has 0 bridgehead atoms. The van der Waals surface area contributed by atoms with E-state index in [4.69, 9.17) is 14.2 Å². The molecule has 24 heavy (non-hydrogen) atoms. The average Bonchev–Trinajstić information content (AvgIpc) is 2.64. The van der Waals surface area contributed by atoms with Gasteiger partial charge in [0.2, 0.25) is 0 Å². The molecule has 1 aliphatic heterocycles. The van der Waals surface area contributed by atoms with Crippen LogP contribution >= 0.6 is 0 Å². The molecule has 1 aromatic rings. The molecule has 2 rings (SSSR count). The number of piperidine rings is 1. The lowest BCUT2D eigenvalue weighted by molar-refractivity contribution is 0.0923. The Morgan fingerprint density at radius 1 is 1.21 bits per heavy atom. The minimum atomic E-state index is -0.101. The number of carbonyl (C=O) groups is 1. The third kappa shape index (κ3) is 5.11. The van der Waals surface area contributed by atoms with Gasteiger partial charge in [-0.25, -0.2) is 0 Å². The van der Waals surface area contributed by atoms with Crippen molar-refractivity contribution in [2.45, 2.75) is 12.8 Å². The molecule has 0 saturated carbocycles. The molecule has 1 aliphatic rings. The SMILES string of the molecule is COCCN1CCC(CNC(=O)c2ccc(OC)cc2OC)CC1. The van der Waals surface area contributed by atoms with E-state index in [0.717, 1.165) is 39.1 Å². The van der Waals surface area contributed by atoms with Gasteiger partial charge in [-0.3, -0.25) is 4.79 Å². The highest BCUT2D eigenvalue weighted by molar-refractivity contribution is 5.97. The molecule has 1 aromatic carbocycles. The second-order valence-corrected chi connectivity index (χ2v) is 6.05. The van der Waals surface area contributed by atoms with E-state index >= 15 is 0 Å². The number of hydrogen-bond acceptors (Lipinski definition) is 5. The molecule has 1 fully saturated rings. The summed E-state index contributed by atoms with van der Waals surface area (Å²) in [5.74, 6) is 1.63. The quantitative estimate of drug-likeness (QED) is 0.784. The van der Waals surface area contributed by atoms with E-state index in [0.29, 0.717) is 29.5 Å². The van der Waals surface area contributed by atoms with Crippen LogP contribution in [0.5, 0.6) is 11.5 Å². The summed E-state index contributed by atoms with van der Waals surface area (Å²) in [5, 5.41) is 3.04. The van der Waals surface area contributed by atoms with Crippen LogP contribution in [0, 0.1) is 5.92 Å². The van der Waals surface area contributed by atoms with Gasteiger partial charge in [0.25, 0.3) is 5.91 Å². The van der Waals surface area contributed by atoms with Gasteiger partial charge in [-0.2, -0.15) is 0 Å².